The smallest absolute Gasteiger partial charge is 0.395 e. The van der Waals surface area contributed by atoms with Crippen molar-refractivity contribution < 1.29 is 18.3 Å². The van der Waals surface area contributed by atoms with E-state index in [0.717, 1.165) is 0 Å². The van der Waals surface area contributed by atoms with Crippen LogP contribution in [0.25, 0.3) is 0 Å². The molecule has 0 aromatic rings. The van der Waals surface area contributed by atoms with Crippen LogP contribution in [0.1, 0.15) is 13.8 Å². The second-order valence-electron chi connectivity index (χ2n) is 2.40. The number of ether oxygens (including phenoxy) is 2. The van der Waals surface area contributed by atoms with Gasteiger partial charge in [-0.05, 0) is 26.0 Å². The zero-order chi connectivity index (χ0) is 9.90. The van der Waals surface area contributed by atoms with Gasteiger partial charge in [0.1, 0.15) is 0 Å². The van der Waals surface area contributed by atoms with Gasteiger partial charge >= 0.3 is 6.29 Å². The molecule has 1 aliphatic rings. The predicted octanol–water partition coefficient (Wildman–Crippen LogP) is 2.95. The Morgan fingerprint density at radius 1 is 1.00 bits per heavy atom. The molecule has 0 aromatic heterocycles. The highest BCUT2D eigenvalue weighted by molar-refractivity contribution is 5.26. The minimum absolute atomic E-state index is 0.0469. The summed E-state index contributed by atoms with van der Waals surface area (Å²) in [6.07, 6.45) is 2.52. The standard InChI is InChI=1S/C9H10F2O2/c1-3-5-7-8(6-4-2)13-9(10,11)12-7/h3-6H,1-2H3/b5-3-,6-4+. The molecule has 1 aliphatic heterocycles. The minimum Gasteiger partial charge on any atom is -0.395 e. The molecule has 0 aromatic carbocycles. The van der Waals surface area contributed by atoms with Crippen molar-refractivity contribution in [1.29, 1.82) is 0 Å². The molecule has 0 saturated carbocycles. The van der Waals surface area contributed by atoms with Crippen molar-refractivity contribution in [2.45, 2.75) is 20.1 Å². The van der Waals surface area contributed by atoms with Crippen LogP contribution in [0, 0.1) is 0 Å². The van der Waals surface area contributed by atoms with Gasteiger partial charge in [0.25, 0.3) is 0 Å². The summed E-state index contributed by atoms with van der Waals surface area (Å²) in [5.41, 5.74) is 0. The summed E-state index contributed by atoms with van der Waals surface area (Å²) in [6.45, 7) is 3.42. The Morgan fingerprint density at radius 3 is 1.69 bits per heavy atom. The van der Waals surface area contributed by atoms with Gasteiger partial charge in [-0.2, -0.15) is 0 Å². The summed E-state index contributed by atoms with van der Waals surface area (Å²) in [5.74, 6) is 0.0937. The lowest BCUT2D eigenvalue weighted by Gasteiger charge is -2.06. The van der Waals surface area contributed by atoms with Gasteiger partial charge in [-0.1, -0.05) is 12.2 Å². The average Bonchev–Trinajstić information content (AvgIpc) is 2.28. The Kier molecular flexibility index (Phi) is 2.70. The third-order valence-corrected chi connectivity index (χ3v) is 1.34. The zero-order valence-corrected chi connectivity index (χ0v) is 7.38. The van der Waals surface area contributed by atoms with Crippen molar-refractivity contribution in [3.05, 3.63) is 35.8 Å². The molecule has 0 aliphatic carbocycles. The van der Waals surface area contributed by atoms with Gasteiger partial charge in [-0.15, -0.1) is 8.78 Å². The Labute approximate surface area is 75.1 Å². The molecular formula is C9H10F2O2. The molecule has 0 spiro atoms. The Hall–Kier alpha value is -1.32. The second-order valence-corrected chi connectivity index (χ2v) is 2.40. The van der Waals surface area contributed by atoms with Crippen LogP contribution < -0.4 is 0 Å². The van der Waals surface area contributed by atoms with Crippen LogP contribution in [0.5, 0.6) is 0 Å². The summed E-state index contributed by atoms with van der Waals surface area (Å²) in [7, 11) is 0. The number of alkyl halides is 2. The van der Waals surface area contributed by atoms with E-state index in [1.54, 1.807) is 26.0 Å². The first-order valence-corrected chi connectivity index (χ1v) is 3.84. The lowest BCUT2D eigenvalue weighted by atomic mass is 10.3. The molecule has 4 heteroatoms. The minimum atomic E-state index is -3.54. The first kappa shape index (κ1) is 9.77. The van der Waals surface area contributed by atoms with Crippen LogP contribution in [-0.4, -0.2) is 6.29 Å². The van der Waals surface area contributed by atoms with E-state index in [4.69, 9.17) is 0 Å². The van der Waals surface area contributed by atoms with Gasteiger partial charge in [0.15, 0.2) is 11.5 Å². The molecule has 2 nitrogen and oxygen atoms in total. The third-order valence-electron chi connectivity index (χ3n) is 1.34. The lowest BCUT2D eigenvalue weighted by Crippen LogP contribution is -2.16. The van der Waals surface area contributed by atoms with E-state index in [-0.39, 0.29) is 11.5 Å². The van der Waals surface area contributed by atoms with Crippen molar-refractivity contribution in [3.8, 4) is 0 Å². The third kappa shape index (κ3) is 2.31. The van der Waals surface area contributed by atoms with Crippen LogP contribution in [-0.2, 0) is 9.47 Å². The van der Waals surface area contributed by atoms with Crippen molar-refractivity contribution in [3.63, 3.8) is 0 Å². The van der Waals surface area contributed by atoms with Gasteiger partial charge in [0.2, 0.25) is 0 Å². The van der Waals surface area contributed by atoms with Crippen LogP contribution in [0.3, 0.4) is 0 Å². The number of allylic oxidation sites excluding steroid dienone is 4. The van der Waals surface area contributed by atoms with Crippen LogP contribution in [0.15, 0.2) is 35.8 Å². The van der Waals surface area contributed by atoms with E-state index < -0.39 is 6.29 Å². The van der Waals surface area contributed by atoms with E-state index in [1.165, 1.54) is 12.2 Å². The maximum Gasteiger partial charge on any atom is 0.586 e. The fourth-order valence-corrected chi connectivity index (χ4v) is 0.913. The normalized spacial score (nSPS) is 21.2. The molecule has 0 fully saturated rings. The van der Waals surface area contributed by atoms with E-state index in [1.807, 2.05) is 0 Å². The SMILES string of the molecule is C/C=C\C1=C(/C=C/C)OC(F)(F)O1. The predicted molar refractivity (Wildman–Crippen MR) is 43.8 cm³/mol. The van der Waals surface area contributed by atoms with Crippen molar-refractivity contribution in [2.24, 2.45) is 0 Å². The first-order chi connectivity index (χ1) is 6.09. The van der Waals surface area contributed by atoms with Crippen LogP contribution >= 0.6 is 0 Å². The van der Waals surface area contributed by atoms with E-state index in [2.05, 4.69) is 9.47 Å². The molecule has 1 rings (SSSR count). The molecule has 0 amide bonds. The van der Waals surface area contributed by atoms with Crippen molar-refractivity contribution in [1.82, 2.24) is 0 Å². The largest absolute Gasteiger partial charge is 0.586 e. The number of halogens is 2. The maximum atomic E-state index is 12.5. The fraction of sp³-hybridized carbons (Fsp3) is 0.333. The first-order valence-electron chi connectivity index (χ1n) is 3.84. The summed E-state index contributed by atoms with van der Waals surface area (Å²) in [5, 5.41) is 0. The molecule has 0 unspecified atom stereocenters. The monoisotopic (exact) mass is 188 g/mol. The molecule has 0 saturated heterocycles. The van der Waals surface area contributed by atoms with Gasteiger partial charge in [0, 0.05) is 0 Å². The number of hydrogen-bond acceptors (Lipinski definition) is 2. The summed E-state index contributed by atoms with van der Waals surface area (Å²) in [6, 6.07) is 0. The number of rotatable bonds is 2. The van der Waals surface area contributed by atoms with Crippen LogP contribution in [0.4, 0.5) is 8.78 Å². The Morgan fingerprint density at radius 2 is 1.38 bits per heavy atom. The summed E-state index contributed by atoms with van der Waals surface area (Å²) in [4.78, 5) is 0. The van der Waals surface area contributed by atoms with Gasteiger partial charge in [-0.25, -0.2) is 0 Å². The maximum absolute atomic E-state index is 12.5. The highest BCUT2D eigenvalue weighted by Gasteiger charge is 2.43. The lowest BCUT2D eigenvalue weighted by molar-refractivity contribution is -0.335. The van der Waals surface area contributed by atoms with Gasteiger partial charge in [-0.3, -0.25) is 0 Å². The van der Waals surface area contributed by atoms with E-state index in [9.17, 15) is 8.78 Å². The van der Waals surface area contributed by atoms with E-state index in [0.29, 0.717) is 0 Å². The summed E-state index contributed by atoms with van der Waals surface area (Å²) >= 11 is 0. The Balaban J connectivity index is 2.89. The molecule has 72 valence electrons. The molecule has 13 heavy (non-hydrogen) atoms. The molecule has 0 atom stereocenters. The topological polar surface area (TPSA) is 18.5 Å². The van der Waals surface area contributed by atoms with Crippen molar-refractivity contribution >= 4 is 0 Å². The molecule has 0 radical (unpaired) electrons. The van der Waals surface area contributed by atoms with E-state index >= 15 is 0 Å². The zero-order valence-electron chi connectivity index (χ0n) is 7.38. The second kappa shape index (κ2) is 3.60. The average molecular weight is 188 g/mol. The van der Waals surface area contributed by atoms with Crippen LogP contribution in [0.2, 0.25) is 0 Å². The molecule has 1 heterocycles. The summed E-state index contributed by atoms with van der Waals surface area (Å²) < 4.78 is 33.6. The number of hydrogen-bond donors (Lipinski definition) is 0. The highest BCUT2D eigenvalue weighted by Crippen LogP contribution is 2.34. The quantitative estimate of drug-likeness (QED) is 0.663. The molecule has 0 N–H and O–H groups in total. The molecular weight excluding hydrogens is 178 g/mol. The van der Waals surface area contributed by atoms with Gasteiger partial charge < -0.3 is 9.47 Å². The fourth-order valence-electron chi connectivity index (χ4n) is 0.913. The van der Waals surface area contributed by atoms with Crippen molar-refractivity contribution in [2.75, 3.05) is 0 Å². The Bertz CT molecular complexity index is 251. The highest BCUT2D eigenvalue weighted by atomic mass is 19.3. The van der Waals surface area contributed by atoms with Gasteiger partial charge in [0.05, 0.1) is 0 Å². The molecule has 0 bridgehead atoms.